The van der Waals surface area contributed by atoms with Gasteiger partial charge in [0.1, 0.15) is 13.2 Å². The molecular formula is C7H11BrF3NO2. The lowest BCUT2D eigenvalue weighted by Crippen LogP contribution is -2.32. The Morgan fingerprint density at radius 3 is 2.57 bits per heavy atom. The number of hydrogen-bond acceptors (Lipinski definition) is 2. The lowest BCUT2D eigenvalue weighted by Gasteiger charge is -2.08. The molecule has 0 bridgehead atoms. The first-order valence-corrected chi connectivity index (χ1v) is 4.78. The summed E-state index contributed by atoms with van der Waals surface area (Å²) < 4.78 is 38.8. The smallest absolute Gasteiger partial charge is 0.362 e. The van der Waals surface area contributed by atoms with Crippen molar-refractivity contribution in [3.05, 3.63) is 0 Å². The summed E-state index contributed by atoms with van der Waals surface area (Å²) in [7, 11) is 0. The first kappa shape index (κ1) is 13.7. The van der Waals surface area contributed by atoms with Crippen LogP contribution in [0.25, 0.3) is 0 Å². The first-order chi connectivity index (χ1) is 6.31. The summed E-state index contributed by atoms with van der Waals surface area (Å²) in [6, 6.07) is 0. The summed E-state index contributed by atoms with van der Waals surface area (Å²) in [5.74, 6) is -0.555. The molecule has 0 saturated heterocycles. The van der Waals surface area contributed by atoms with E-state index >= 15 is 0 Å². The highest BCUT2D eigenvalue weighted by Crippen LogP contribution is 2.13. The molecule has 0 rings (SSSR count). The molecule has 1 unspecified atom stereocenters. The van der Waals surface area contributed by atoms with E-state index in [2.05, 4.69) is 26.0 Å². The molecule has 0 aromatic heterocycles. The van der Waals surface area contributed by atoms with Gasteiger partial charge in [-0.2, -0.15) is 13.2 Å². The van der Waals surface area contributed by atoms with E-state index in [0.717, 1.165) is 0 Å². The fourth-order valence-electron chi connectivity index (χ4n) is 0.565. The lowest BCUT2D eigenvalue weighted by atomic mass is 10.4. The van der Waals surface area contributed by atoms with Gasteiger partial charge >= 0.3 is 6.18 Å². The van der Waals surface area contributed by atoms with Crippen LogP contribution in [0.4, 0.5) is 13.2 Å². The van der Waals surface area contributed by atoms with Gasteiger partial charge in [0.25, 0.3) is 0 Å². The van der Waals surface area contributed by atoms with Crippen molar-refractivity contribution < 1.29 is 22.7 Å². The molecule has 1 amide bonds. The van der Waals surface area contributed by atoms with Crippen LogP contribution in [0, 0.1) is 0 Å². The molecule has 1 atom stereocenters. The van der Waals surface area contributed by atoms with Gasteiger partial charge in [0, 0.05) is 11.4 Å². The van der Waals surface area contributed by atoms with Crippen LogP contribution in [-0.4, -0.2) is 36.7 Å². The Morgan fingerprint density at radius 2 is 2.14 bits per heavy atom. The van der Waals surface area contributed by atoms with Crippen molar-refractivity contribution in [2.75, 3.05) is 19.8 Å². The zero-order valence-electron chi connectivity index (χ0n) is 7.53. The Hall–Kier alpha value is -0.300. The van der Waals surface area contributed by atoms with Crippen molar-refractivity contribution in [1.29, 1.82) is 0 Å². The zero-order chi connectivity index (χ0) is 11.2. The predicted octanol–water partition coefficient (Wildman–Crippen LogP) is 1.46. The molecule has 3 nitrogen and oxygen atoms in total. The van der Waals surface area contributed by atoms with Crippen LogP contribution < -0.4 is 5.32 Å². The molecule has 0 radical (unpaired) electrons. The summed E-state index contributed by atoms with van der Waals surface area (Å²) in [5, 5.41) is 2.39. The number of ether oxygens (including phenoxy) is 1. The third-order valence-corrected chi connectivity index (χ3v) is 1.40. The van der Waals surface area contributed by atoms with E-state index in [1.54, 1.807) is 6.92 Å². The Morgan fingerprint density at radius 1 is 1.57 bits per heavy atom. The molecular weight excluding hydrogens is 267 g/mol. The summed E-state index contributed by atoms with van der Waals surface area (Å²) in [6.07, 6.45) is -4.39. The van der Waals surface area contributed by atoms with Gasteiger partial charge in [-0.25, -0.2) is 0 Å². The second-order valence-corrected chi connectivity index (χ2v) is 4.26. The largest absolute Gasteiger partial charge is 0.411 e. The minimum atomic E-state index is -4.39. The Balaban J connectivity index is 3.46. The molecule has 84 valence electrons. The number of amides is 1. The van der Waals surface area contributed by atoms with E-state index in [1.807, 2.05) is 0 Å². The molecule has 14 heavy (non-hydrogen) atoms. The normalized spacial score (nSPS) is 13.8. The van der Waals surface area contributed by atoms with E-state index in [1.165, 1.54) is 0 Å². The molecule has 0 aromatic rings. The number of hydrogen-bond donors (Lipinski definition) is 1. The summed E-state index contributed by atoms with van der Waals surface area (Å²) in [4.78, 5) is 10.9. The second kappa shape index (κ2) is 6.23. The maximum atomic E-state index is 11.6. The monoisotopic (exact) mass is 277 g/mol. The van der Waals surface area contributed by atoms with Crippen molar-refractivity contribution in [3.63, 3.8) is 0 Å². The third-order valence-electron chi connectivity index (χ3n) is 1.08. The molecule has 0 aliphatic heterocycles. The van der Waals surface area contributed by atoms with Crippen LogP contribution >= 0.6 is 15.9 Å². The van der Waals surface area contributed by atoms with Gasteiger partial charge in [-0.1, -0.05) is 22.9 Å². The molecule has 0 aromatic carbocycles. The molecule has 0 aliphatic rings. The Kier molecular flexibility index (Phi) is 6.10. The Bertz CT molecular complexity index is 184. The third kappa shape index (κ3) is 9.79. The maximum Gasteiger partial charge on any atom is 0.411 e. The fourth-order valence-corrected chi connectivity index (χ4v) is 0.727. The average molecular weight is 278 g/mol. The fraction of sp³-hybridized carbons (Fsp3) is 0.857. The first-order valence-electron chi connectivity index (χ1n) is 3.86. The van der Waals surface area contributed by atoms with Gasteiger partial charge in [0.05, 0.1) is 0 Å². The predicted molar refractivity (Wildman–Crippen MR) is 48.3 cm³/mol. The van der Waals surface area contributed by atoms with Crippen molar-refractivity contribution in [1.82, 2.24) is 5.32 Å². The standard InChI is InChI=1S/C7H11BrF3NO2/c1-5(8)2-12-6(13)3-14-4-7(9,10)11/h5H,2-4H2,1H3,(H,12,13). The zero-order valence-corrected chi connectivity index (χ0v) is 9.11. The van der Waals surface area contributed by atoms with Crippen molar-refractivity contribution in [3.8, 4) is 0 Å². The number of rotatable bonds is 5. The number of carbonyl (C=O) groups is 1. The van der Waals surface area contributed by atoms with Crippen LogP contribution in [0.2, 0.25) is 0 Å². The van der Waals surface area contributed by atoms with E-state index < -0.39 is 25.3 Å². The van der Waals surface area contributed by atoms with Gasteiger partial charge in [-0.05, 0) is 0 Å². The molecule has 0 fully saturated rings. The van der Waals surface area contributed by atoms with Crippen LogP contribution in [-0.2, 0) is 9.53 Å². The molecule has 0 aliphatic carbocycles. The highest BCUT2D eigenvalue weighted by atomic mass is 79.9. The van der Waals surface area contributed by atoms with Gasteiger partial charge in [-0.3, -0.25) is 4.79 Å². The van der Waals surface area contributed by atoms with Gasteiger partial charge < -0.3 is 10.1 Å². The summed E-state index contributed by atoms with van der Waals surface area (Å²) in [5.41, 5.74) is 0. The summed E-state index contributed by atoms with van der Waals surface area (Å²) >= 11 is 3.17. The molecule has 1 N–H and O–H groups in total. The highest BCUT2D eigenvalue weighted by Gasteiger charge is 2.27. The number of nitrogens with one attached hydrogen (secondary N) is 1. The topological polar surface area (TPSA) is 38.3 Å². The lowest BCUT2D eigenvalue weighted by molar-refractivity contribution is -0.175. The Labute approximate surface area is 88.1 Å². The van der Waals surface area contributed by atoms with Gasteiger partial charge in [0.2, 0.25) is 5.91 Å². The number of alkyl halides is 4. The molecule has 0 saturated carbocycles. The van der Waals surface area contributed by atoms with E-state index in [4.69, 9.17) is 0 Å². The van der Waals surface area contributed by atoms with E-state index in [-0.39, 0.29) is 4.83 Å². The highest BCUT2D eigenvalue weighted by molar-refractivity contribution is 9.09. The van der Waals surface area contributed by atoms with E-state index in [9.17, 15) is 18.0 Å². The van der Waals surface area contributed by atoms with Crippen molar-refractivity contribution in [2.45, 2.75) is 17.9 Å². The average Bonchev–Trinajstić information content (AvgIpc) is 1.98. The summed E-state index contributed by atoms with van der Waals surface area (Å²) in [6.45, 7) is 0.189. The van der Waals surface area contributed by atoms with Gasteiger partial charge in [-0.15, -0.1) is 0 Å². The van der Waals surface area contributed by atoms with Crippen LogP contribution in [0.1, 0.15) is 6.92 Å². The molecule has 0 spiro atoms. The van der Waals surface area contributed by atoms with Crippen molar-refractivity contribution in [2.24, 2.45) is 0 Å². The quantitative estimate of drug-likeness (QED) is 0.773. The minimum absolute atomic E-state index is 0.0778. The second-order valence-electron chi connectivity index (χ2n) is 2.69. The van der Waals surface area contributed by atoms with Crippen LogP contribution in [0.15, 0.2) is 0 Å². The van der Waals surface area contributed by atoms with Gasteiger partial charge in [0.15, 0.2) is 0 Å². The number of halogens is 4. The molecule has 0 heterocycles. The molecule has 7 heteroatoms. The van der Waals surface area contributed by atoms with Crippen LogP contribution in [0.5, 0.6) is 0 Å². The number of carbonyl (C=O) groups excluding carboxylic acids is 1. The van der Waals surface area contributed by atoms with Crippen LogP contribution in [0.3, 0.4) is 0 Å². The maximum absolute atomic E-state index is 11.6. The minimum Gasteiger partial charge on any atom is -0.362 e. The SMILES string of the molecule is CC(Br)CNC(=O)COCC(F)(F)F. The van der Waals surface area contributed by atoms with E-state index in [0.29, 0.717) is 6.54 Å². The van der Waals surface area contributed by atoms with Crippen molar-refractivity contribution >= 4 is 21.8 Å².